The first kappa shape index (κ1) is 22.9. The molecule has 1 aliphatic carbocycles. The molecule has 0 amide bonds. The first-order chi connectivity index (χ1) is 16.6. The molecule has 3 heterocycles. The number of aromatic amines is 1. The molecule has 1 saturated heterocycles. The van der Waals surface area contributed by atoms with Crippen molar-refractivity contribution in [3.63, 3.8) is 0 Å². The third kappa shape index (κ3) is 4.31. The zero-order valence-corrected chi connectivity index (χ0v) is 20.6. The predicted octanol–water partition coefficient (Wildman–Crippen LogP) is 3.96. The molecular weight excluding hydrogens is 428 g/mol. The van der Waals surface area contributed by atoms with Gasteiger partial charge in [-0.1, -0.05) is 19.3 Å². The van der Waals surface area contributed by atoms with Gasteiger partial charge < -0.3 is 19.9 Å². The van der Waals surface area contributed by atoms with E-state index in [2.05, 4.69) is 27.3 Å². The number of anilines is 1. The quantitative estimate of drug-likeness (QED) is 0.574. The molecule has 5 rings (SSSR count). The Morgan fingerprint density at radius 2 is 1.91 bits per heavy atom. The number of nitrogens with one attached hydrogen (secondary N) is 2. The molecule has 8 nitrogen and oxygen atoms in total. The highest BCUT2D eigenvalue weighted by Gasteiger charge is 2.25. The Kier molecular flexibility index (Phi) is 6.59. The number of piperidine rings is 1. The van der Waals surface area contributed by atoms with Gasteiger partial charge in [-0.05, 0) is 51.8 Å². The maximum Gasteiger partial charge on any atom is 0.262 e. The van der Waals surface area contributed by atoms with Crippen LogP contribution in [0.2, 0.25) is 0 Å². The van der Waals surface area contributed by atoms with Crippen LogP contribution in [0.4, 0.5) is 5.69 Å². The van der Waals surface area contributed by atoms with Crippen molar-refractivity contribution < 1.29 is 4.74 Å². The molecule has 8 heteroatoms. The molecule has 2 N–H and O–H groups in total. The number of hydrogen-bond acceptors (Lipinski definition) is 6. The number of H-pyrrole nitrogens is 1. The van der Waals surface area contributed by atoms with Crippen LogP contribution >= 0.6 is 0 Å². The second-order valence-electron chi connectivity index (χ2n) is 9.62. The number of rotatable bonds is 6. The number of aromatic nitrogens is 4. The van der Waals surface area contributed by atoms with Crippen LogP contribution in [-0.2, 0) is 7.05 Å². The van der Waals surface area contributed by atoms with Gasteiger partial charge in [-0.2, -0.15) is 5.10 Å². The highest BCUT2D eigenvalue weighted by Crippen LogP contribution is 2.36. The molecule has 182 valence electrons. The highest BCUT2D eigenvalue weighted by atomic mass is 16.5. The van der Waals surface area contributed by atoms with Crippen LogP contribution in [0.3, 0.4) is 0 Å². The number of benzene rings is 1. The lowest BCUT2D eigenvalue weighted by atomic mass is 9.86. The minimum absolute atomic E-state index is 0.116. The SMILES string of the molecule is CCOc1cc(N2CCC(NC)CC2)ccc1-c1nc2c(c(C3CCCCC3)nn2C)c(=O)[nH]1. The molecule has 1 aromatic carbocycles. The van der Waals surface area contributed by atoms with Crippen molar-refractivity contribution in [3.8, 4) is 17.1 Å². The lowest BCUT2D eigenvalue weighted by molar-refractivity contribution is 0.341. The topological polar surface area (TPSA) is 88.1 Å². The van der Waals surface area contributed by atoms with E-state index in [0.717, 1.165) is 61.5 Å². The largest absolute Gasteiger partial charge is 0.493 e. The number of ether oxygens (including phenoxy) is 1. The average molecular weight is 465 g/mol. The van der Waals surface area contributed by atoms with Crippen LogP contribution in [0.15, 0.2) is 23.0 Å². The van der Waals surface area contributed by atoms with Gasteiger partial charge in [-0.15, -0.1) is 0 Å². The Bertz CT molecular complexity index is 1200. The molecule has 2 fully saturated rings. The van der Waals surface area contributed by atoms with Gasteiger partial charge in [-0.25, -0.2) is 9.67 Å². The first-order valence-electron chi connectivity index (χ1n) is 12.8. The standard InChI is InChI=1S/C26H36N6O2/c1-4-34-21-16-19(32-14-12-18(27-2)13-15-32)10-11-20(21)24-28-25-22(26(33)29-24)23(30-31(25)3)17-8-6-5-7-9-17/h10-11,16-18,27H,4-9,12-15H2,1-3H3,(H,28,29,33). The minimum atomic E-state index is -0.116. The van der Waals surface area contributed by atoms with Crippen molar-refractivity contribution in [2.24, 2.45) is 7.05 Å². The molecule has 1 saturated carbocycles. The molecule has 2 aromatic heterocycles. The van der Waals surface area contributed by atoms with Gasteiger partial charge in [0.15, 0.2) is 5.65 Å². The Balaban J connectivity index is 1.51. The molecule has 34 heavy (non-hydrogen) atoms. The van der Waals surface area contributed by atoms with Gasteiger partial charge in [0, 0.05) is 43.9 Å². The fourth-order valence-electron chi connectivity index (χ4n) is 5.58. The normalized spacial score (nSPS) is 18.0. The van der Waals surface area contributed by atoms with Crippen molar-refractivity contribution in [3.05, 3.63) is 34.2 Å². The molecule has 0 atom stereocenters. The van der Waals surface area contributed by atoms with E-state index in [1.165, 1.54) is 19.3 Å². The second kappa shape index (κ2) is 9.78. The van der Waals surface area contributed by atoms with E-state index >= 15 is 0 Å². The van der Waals surface area contributed by atoms with E-state index in [4.69, 9.17) is 14.8 Å². The van der Waals surface area contributed by atoms with Crippen molar-refractivity contribution in [2.75, 3.05) is 31.6 Å². The molecular formula is C26H36N6O2. The molecule has 0 spiro atoms. The average Bonchev–Trinajstić information content (AvgIpc) is 3.21. The molecule has 3 aromatic rings. The number of hydrogen-bond donors (Lipinski definition) is 2. The third-order valence-corrected chi connectivity index (χ3v) is 7.50. The molecule has 1 aliphatic heterocycles. The summed E-state index contributed by atoms with van der Waals surface area (Å²) < 4.78 is 7.79. The number of aryl methyl sites for hydroxylation is 1. The van der Waals surface area contributed by atoms with Crippen LogP contribution < -0.4 is 20.5 Å². The van der Waals surface area contributed by atoms with Crippen LogP contribution in [0, 0.1) is 0 Å². The van der Waals surface area contributed by atoms with E-state index in [1.54, 1.807) is 4.68 Å². The fraction of sp³-hybridized carbons (Fsp3) is 0.577. The summed E-state index contributed by atoms with van der Waals surface area (Å²) in [6, 6.07) is 6.80. The van der Waals surface area contributed by atoms with E-state index in [-0.39, 0.29) is 5.56 Å². The van der Waals surface area contributed by atoms with E-state index < -0.39 is 0 Å². The zero-order chi connectivity index (χ0) is 23.7. The van der Waals surface area contributed by atoms with Crippen molar-refractivity contribution in [1.29, 1.82) is 0 Å². The minimum Gasteiger partial charge on any atom is -0.493 e. The summed E-state index contributed by atoms with van der Waals surface area (Å²) in [5.41, 5.74) is 3.37. The fourth-order valence-corrected chi connectivity index (χ4v) is 5.58. The molecule has 2 aliphatic rings. The zero-order valence-electron chi connectivity index (χ0n) is 20.6. The Hall–Kier alpha value is -2.87. The number of fused-ring (bicyclic) bond motifs is 1. The van der Waals surface area contributed by atoms with Crippen LogP contribution in [-0.4, -0.2) is 52.5 Å². The lowest BCUT2D eigenvalue weighted by Crippen LogP contribution is -2.41. The monoisotopic (exact) mass is 464 g/mol. The van der Waals surface area contributed by atoms with E-state index in [0.29, 0.717) is 35.4 Å². The number of nitrogens with zero attached hydrogens (tertiary/aromatic N) is 4. The summed E-state index contributed by atoms with van der Waals surface area (Å²) in [5, 5.41) is 8.77. The van der Waals surface area contributed by atoms with Gasteiger partial charge >= 0.3 is 0 Å². The van der Waals surface area contributed by atoms with Gasteiger partial charge in [0.1, 0.15) is 17.0 Å². The van der Waals surface area contributed by atoms with Gasteiger partial charge in [-0.3, -0.25) is 4.79 Å². The Labute approximate surface area is 200 Å². The summed E-state index contributed by atoms with van der Waals surface area (Å²) in [4.78, 5) is 23.6. The van der Waals surface area contributed by atoms with Gasteiger partial charge in [0.25, 0.3) is 5.56 Å². The van der Waals surface area contributed by atoms with Crippen LogP contribution in [0.25, 0.3) is 22.4 Å². The third-order valence-electron chi connectivity index (χ3n) is 7.50. The maximum atomic E-state index is 13.3. The Morgan fingerprint density at radius 3 is 2.62 bits per heavy atom. The molecule has 0 unspecified atom stereocenters. The van der Waals surface area contributed by atoms with Crippen LogP contribution in [0.1, 0.15) is 63.5 Å². The van der Waals surface area contributed by atoms with E-state index in [9.17, 15) is 4.79 Å². The highest BCUT2D eigenvalue weighted by molar-refractivity contribution is 5.81. The maximum absolute atomic E-state index is 13.3. The second-order valence-corrected chi connectivity index (χ2v) is 9.62. The summed E-state index contributed by atoms with van der Waals surface area (Å²) in [5.74, 6) is 1.61. The lowest BCUT2D eigenvalue weighted by Gasteiger charge is -2.33. The van der Waals surface area contributed by atoms with Gasteiger partial charge in [0.2, 0.25) is 0 Å². The molecule has 0 bridgehead atoms. The summed E-state index contributed by atoms with van der Waals surface area (Å²) in [6.45, 7) is 4.54. The van der Waals surface area contributed by atoms with Crippen molar-refractivity contribution >= 4 is 16.7 Å². The van der Waals surface area contributed by atoms with Crippen molar-refractivity contribution in [1.82, 2.24) is 25.1 Å². The summed E-state index contributed by atoms with van der Waals surface area (Å²) in [6.07, 6.45) is 8.09. The first-order valence-corrected chi connectivity index (χ1v) is 12.8. The summed E-state index contributed by atoms with van der Waals surface area (Å²) >= 11 is 0. The van der Waals surface area contributed by atoms with Gasteiger partial charge in [0.05, 0.1) is 17.9 Å². The predicted molar refractivity (Wildman–Crippen MR) is 136 cm³/mol. The molecule has 0 radical (unpaired) electrons. The Morgan fingerprint density at radius 1 is 1.15 bits per heavy atom. The smallest absolute Gasteiger partial charge is 0.262 e. The van der Waals surface area contributed by atoms with Crippen molar-refractivity contribution in [2.45, 2.75) is 63.8 Å². The van der Waals surface area contributed by atoms with Crippen LogP contribution in [0.5, 0.6) is 5.75 Å². The van der Waals surface area contributed by atoms with E-state index in [1.807, 2.05) is 27.1 Å². The summed E-state index contributed by atoms with van der Waals surface area (Å²) in [7, 11) is 3.92.